The molecule has 126 valence electrons. The van der Waals surface area contributed by atoms with Crippen LogP contribution in [0.4, 0.5) is 5.82 Å². The molecule has 24 heavy (non-hydrogen) atoms. The van der Waals surface area contributed by atoms with Crippen molar-refractivity contribution in [2.24, 2.45) is 0 Å². The molecule has 0 saturated heterocycles. The van der Waals surface area contributed by atoms with E-state index in [2.05, 4.69) is 25.3 Å². The van der Waals surface area contributed by atoms with Gasteiger partial charge >= 0.3 is 0 Å². The van der Waals surface area contributed by atoms with E-state index in [0.29, 0.717) is 36.4 Å². The highest BCUT2D eigenvalue weighted by Gasteiger charge is 2.19. The van der Waals surface area contributed by atoms with Gasteiger partial charge in [-0.25, -0.2) is 9.97 Å². The van der Waals surface area contributed by atoms with Crippen molar-refractivity contribution in [2.75, 3.05) is 18.5 Å². The maximum atomic E-state index is 9.72. The second-order valence-electron chi connectivity index (χ2n) is 5.52. The number of hydrogen-bond acceptors (Lipinski definition) is 6. The number of aromatic amines is 1. The van der Waals surface area contributed by atoms with E-state index in [1.165, 1.54) is 6.33 Å². The molecule has 2 aliphatic heterocycles. The van der Waals surface area contributed by atoms with E-state index in [1.807, 2.05) is 37.3 Å². The van der Waals surface area contributed by atoms with Gasteiger partial charge < -0.3 is 15.2 Å². The fraction of sp³-hybridized carbons (Fsp3) is 0.353. The molecule has 0 unspecified atom stereocenters. The number of aliphatic hydroxyl groups excluding tert-OH is 1. The number of benzene rings is 1. The first-order chi connectivity index (χ1) is 11.8. The summed E-state index contributed by atoms with van der Waals surface area (Å²) in [7, 11) is 0. The number of H-pyrrole nitrogens is 1. The second-order valence-corrected chi connectivity index (χ2v) is 5.52. The van der Waals surface area contributed by atoms with Gasteiger partial charge in [-0.3, -0.25) is 4.98 Å². The Balaban J connectivity index is 1.80. The maximum absolute atomic E-state index is 9.72. The van der Waals surface area contributed by atoms with E-state index in [4.69, 9.17) is 4.74 Å². The zero-order valence-electron chi connectivity index (χ0n) is 13.6. The van der Waals surface area contributed by atoms with E-state index >= 15 is 0 Å². The Labute approximate surface area is 140 Å². The lowest BCUT2D eigenvalue weighted by molar-refractivity contribution is 0.272. The minimum Gasteiger partial charge on any atom is -0.465 e. The Hall–Kier alpha value is -2.67. The molecule has 0 aromatic heterocycles. The van der Waals surface area contributed by atoms with Crippen LogP contribution < -0.4 is 10.1 Å². The fourth-order valence-electron chi connectivity index (χ4n) is 2.44. The Morgan fingerprint density at radius 1 is 1.25 bits per heavy atom. The van der Waals surface area contributed by atoms with E-state index in [1.54, 1.807) is 0 Å². The lowest BCUT2D eigenvalue weighted by atomic mass is 10.1. The topological polar surface area (TPSA) is 96.0 Å². The summed E-state index contributed by atoms with van der Waals surface area (Å²) in [5.41, 5.74) is 1.77. The van der Waals surface area contributed by atoms with Crippen LogP contribution in [0.3, 0.4) is 0 Å². The number of anilines is 1. The molecule has 2 aliphatic rings. The number of fused-ring (bicyclic) bond motifs is 1. The third-order valence-electron chi connectivity index (χ3n) is 3.59. The molecule has 7 heteroatoms. The predicted molar refractivity (Wildman–Crippen MR) is 91.2 cm³/mol. The Morgan fingerprint density at radius 2 is 2.08 bits per heavy atom. The first kappa shape index (κ1) is 16.2. The molecule has 0 fully saturated rings. The molecule has 0 aliphatic carbocycles. The van der Waals surface area contributed by atoms with Crippen molar-refractivity contribution < 1.29 is 9.84 Å². The maximum Gasteiger partial charge on any atom is 0.297 e. The van der Waals surface area contributed by atoms with Gasteiger partial charge in [-0.15, -0.1) is 0 Å². The van der Waals surface area contributed by atoms with Crippen molar-refractivity contribution in [1.29, 1.82) is 0 Å². The quantitative estimate of drug-likeness (QED) is 0.586. The van der Waals surface area contributed by atoms with Crippen molar-refractivity contribution in [3.05, 3.63) is 42.2 Å². The van der Waals surface area contributed by atoms with E-state index in [-0.39, 0.29) is 12.6 Å². The molecule has 3 N–H and O–H groups in total. The van der Waals surface area contributed by atoms with Crippen LogP contribution in [-0.2, 0) is 6.42 Å². The summed E-state index contributed by atoms with van der Waals surface area (Å²) >= 11 is 0. The van der Waals surface area contributed by atoms with Crippen molar-refractivity contribution >= 4 is 5.82 Å². The van der Waals surface area contributed by atoms with Crippen LogP contribution in [0.25, 0.3) is 11.5 Å². The molecule has 1 aromatic rings. The second kappa shape index (κ2) is 7.74. The number of nitrogens with zero attached hydrogens (tertiary/aromatic N) is 3. The van der Waals surface area contributed by atoms with Gasteiger partial charge in [-0.1, -0.05) is 37.3 Å². The highest BCUT2D eigenvalue weighted by molar-refractivity contribution is 5.67. The summed E-state index contributed by atoms with van der Waals surface area (Å²) in [6.45, 7) is 2.59. The van der Waals surface area contributed by atoms with E-state index in [0.717, 1.165) is 12.0 Å². The number of rotatable bonds is 8. The van der Waals surface area contributed by atoms with Gasteiger partial charge in [0.1, 0.15) is 12.1 Å². The molecule has 0 spiro atoms. The molecular weight excluding hydrogens is 306 g/mol. The molecule has 2 heterocycles. The average Bonchev–Trinajstić information content (AvgIpc) is 3.09. The van der Waals surface area contributed by atoms with Gasteiger partial charge in [0.25, 0.3) is 6.01 Å². The SMILES string of the molecule is CCCOc1nc2ncnc-2c(N[C@H](CO)Cc2ccccc2)[nH]1. The van der Waals surface area contributed by atoms with Gasteiger partial charge in [-0.05, 0) is 18.4 Å². The lowest BCUT2D eigenvalue weighted by Crippen LogP contribution is -2.27. The predicted octanol–water partition coefficient (Wildman–Crippen LogP) is 2.11. The molecular formula is C17H21N5O2. The number of aliphatic hydroxyl groups is 1. The molecule has 0 amide bonds. The van der Waals surface area contributed by atoms with E-state index < -0.39 is 0 Å². The molecule has 0 bridgehead atoms. The third-order valence-corrected chi connectivity index (χ3v) is 3.59. The van der Waals surface area contributed by atoms with Crippen molar-refractivity contribution in [1.82, 2.24) is 19.9 Å². The smallest absolute Gasteiger partial charge is 0.297 e. The molecule has 1 atom stereocenters. The van der Waals surface area contributed by atoms with Crippen LogP contribution in [0.2, 0.25) is 0 Å². The zero-order chi connectivity index (χ0) is 16.8. The largest absolute Gasteiger partial charge is 0.465 e. The first-order valence-electron chi connectivity index (χ1n) is 8.05. The van der Waals surface area contributed by atoms with E-state index in [9.17, 15) is 5.11 Å². The van der Waals surface area contributed by atoms with Gasteiger partial charge in [0.15, 0.2) is 11.5 Å². The molecule has 7 nitrogen and oxygen atoms in total. The van der Waals surface area contributed by atoms with Crippen LogP contribution in [0, 0.1) is 0 Å². The Kier molecular flexibility index (Phi) is 5.22. The van der Waals surface area contributed by atoms with Crippen molar-refractivity contribution in [2.45, 2.75) is 25.8 Å². The third kappa shape index (κ3) is 3.80. The van der Waals surface area contributed by atoms with Crippen molar-refractivity contribution in [3.8, 4) is 17.5 Å². The summed E-state index contributed by atoms with van der Waals surface area (Å²) in [4.78, 5) is 15.8. The lowest BCUT2D eigenvalue weighted by Gasteiger charge is -2.19. The van der Waals surface area contributed by atoms with Crippen molar-refractivity contribution in [3.63, 3.8) is 0 Å². The fourth-order valence-corrected chi connectivity index (χ4v) is 2.44. The van der Waals surface area contributed by atoms with Gasteiger partial charge in [0.05, 0.1) is 19.3 Å². The summed E-state index contributed by atoms with van der Waals surface area (Å²) in [6.07, 6.45) is 3.04. The molecule has 1 aromatic carbocycles. The highest BCUT2D eigenvalue weighted by Crippen LogP contribution is 2.26. The monoisotopic (exact) mass is 327 g/mol. The molecule has 0 radical (unpaired) electrons. The number of nitrogens with one attached hydrogen (secondary N) is 2. The first-order valence-corrected chi connectivity index (χ1v) is 8.05. The minimum absolute atomic E-state index is 0.00810. The number of aromatic nitrogens is 4. The summed E-state index contributed by atoms with van der Waals surface area (Å²) < 4.78 is 5.57. The number of ether oxygens (including phenoxy) is 1. The Bertz CT molecular complexity index is 731. The van der Waals surface area contributed by atoms with Gasteiger partial charge in [0, 0.05) is 0 Å². The molecule has 3 rings (SSSR count). The molecule has 0 saturated carbocycles. The Morgan fingerprint density at radius 3 is 2.83 bits per heavy atom. The highest BCUT2D eigenvalue weighted by atomic mass is 16.5. The van der Waals surface area contributed by atoms with Crippen LogP contribution in [0.5, 0.6) is 6.01 Å². The summed E-state index contributed by atoms with van der Waals surface area (Å²) in [5.74, 6) is 1.16. The zero-order valence-corrected chi connectivity index (χ0v) is 13.6. The summed E-state index contributed by atoms with van der Waals surface area (Å²) in [6, 6.07) is 10.2. The standard InChI is InChI=1S/C17H21N5O2/c1-2-8-24-17-21-15-14(18-11-19-15)16(22-17)20-13(10-23)9-12-6-4-3-5-7-12/h3-7,11,13,23H,2,8-10H2,1H3,(H2,18,19,20,21,22)/t13-/m0/s1. The number of hydrogen-bond donors (Lipinski definition) is 3. The van der Waals surface area contributed by atoms with Crippen LogP contribution in [0.15, 0.2) is 36.7 Å². The number of imidazole rings is 1. The summed E-state index contributed by atoms with van der Waals surface area (Å²) in [5, 5.41) is 13.0. The van der Waals surface area contributed by atoms with Crippen LogP contribution in [-0.4, -0.2) is 44.3 Å². The van der Waals surface area contributed by atoms with Gasteiger partial charge in [-0.2, -0.15) is 4.98 Å². The van der Waals surface area contributed by atoms with Gasteiger partial charge in [0.2, 0.25) is 0 Å². The normalized spacial score (nSPS) is 12.2. The van der Waals surface area contributed by atoms with Crippen LogP contribution in [0.1, 0.15) is 18.9 Å². The average molecular weight is 327 g/mol. The minimum atomic E-state index is -0.162. The van der Waals surface area contributed by atoms with Crippen LogP contribution >= 0.6 is 0 Å².